The van der Waals surface area contributed by atoms with Gasteiger partial charge in [0.15, 0.2) is 0 Å². The molecule has 20 heavy (non-hydrogen) atoms. The Morgan fingerprint density at radius 2 is 2.05 bits per heavy atom. The zero-order chi connectivity index (χ0) is 14.6. The van der Waals surface area contributed by atoms with Gasteiger partial charge >= 0.3 is 6.18 Å². The van der Waals surface area contributed by atoms with Crippen LogP contribution in [0.25, 0.3) is 0 Å². The van der Waals surface area contributed by atoms with Crippen molar-refractivity contribution in [1.82, 2.24) is 14.9 Å². The van der Waals surface area contributed by atoms with E-state index in [1.165, 1.54) is 18.6 Å². The minimum absolute atomic E-state index is 0.0803. The van der Waals surface area contributed by atoms with Crippen molar-refractivity contribution < 1.29 is 22.7 Å². The number of alkyl halides is 3. The molecular weight excluding hydrogens is 275 g/mol. The van der Waals surface area contributed by atoms with Gasteiger partial charge in [0.05, 0.1) is 6.20 Å². The lowest BCUT2D eigenvalue weighted by molar-refractivity contribution is -0.147. The van der Waals surface area contributed by atoms with Crippen molar-refractivity contribution in [1.29, 1.82) is 0 Å². The zero-order valence-corrected chi connectivity index (χ0v) is 10.6. The van der Waals surface area contributed by atoms with E-state index in [1.54, 1.807) is 0 Å². The average Bonchev–Trinajstić information content (AvgIpc) is 2.45. The molecule has 0 aliphatic carbocycles. The van der Waals surface area contributed by atoms with Gasteiger partial charge in [0.1, 0.15) is 12.2 Å². The molecule has 0 atom stereocenters. The maximum atomic E-state index is 12.7. The van der Waals surface area contributed by atoms with Crippen molar-refractivity contribution in [3.8, 4) is 0 Å². The Balaban J connectivity index is 2.19. The lowest BCUT2D eigenvalue weighted by atomic mass is 10.1. The normalized spacial score (nSPS) is 16.9. The molecule has 0 aromatic carbocycles. The average molecular weight is 289 g/mol. The quantitative estimate of drug-likeness (QED) is 0.849. The van der Waals surface area contributed by atoms with Gasteiger partial charge in [-0.1, -0.05) is 0 Å². The first-order chi connectivity index (χ1) is 9.47. The fourth-order valence-electron chi connectivity index (χ4n) is 2.11. The van der Waals surface area contributed by atoms with Crippen molar-refractivity contribution >= 4 is 5.91 Å². The summed E-state index contributed by atoms with van der Waals surface area (Å²) in [6.07, 6.45) is 0.147. The number of halogens is 3. The van der Waals surface area contributed by atoms with E-state index in [2.05, 4.69) is 9.97 Å². The number of ether oxygens (including phenoxy) is 1. The summed E-state index contributed by atoms with van der Waals surface area (Å²) < 4.78 is 43.1. The fraction of sp³-hybridized carbons (Fsp3) is 0.583. The van der Waals surface area contributed by atoms with Crippen molar-refractivity contribution in [2.24, 2.45) is 0 Å². The first-order valence-corrected chi connectivity index (χ1v) is 6.19. The minimum Gasteiger partial charge on any atom is -0.381 e. The lowest BCUT2D eigenvalue weighted by Gasteiger charge is -2.34. The molecule has 0 radical (unpaired) electrons. The predicted octanol–water partition coefficient (Wildman–Crippen LogP) is 1.66. The summed E-state index contributed by atoms with van der Waals surface area (Å²) in [5.74, 6) is -0.748. The molecule has 0 bridgehead atoms. The molecule has 2 heterocycles. The van der Waals surface area contributed by atoms with E-state index in [-0.39, 0.29) is 5.69 Å². The van der Waals surface area contributed by atoms with Crippen LogP contribution in [0.2, 0.25) is 0 Å². The largest absolute Gasteiger partial charge is 0.406 e. The van der Waals surface area contributed by atoms with E-state index in [0.29, 0.717) is 26.1 Å². The number of carbonyl (C=O) groups excluding carboxylic acids is 1. The van der Waals surface area contributed by atoms with Crippen LogP contribution in [-0.4, -0.2) is 52.8 Å². The molecule has 1 aromatic heterocycles. The van der Waals surface area contributed by atoms with Crippen molar-refractivity contribution in [2.75, 3.05) is 19.8 Å². The van der Waals surface area contributed by atoms with Crippen molar-refractivity contribution in [2.45, 2.75) is 25.1 Å². The number of rotatable bonds is 3. The Labute approximate surface area is 113 Å². The zero-order valence-electron chi connectivity index (χ0n) is 10.6. The molecule has 1 saturated heterocycles. The van der Waals surface area contributed by atoms with Gasteiger partial charge in [-0.2, -0.15) is 13.2 Å². The molecule has 0 spiro atoms. The van der Waals surface area contributed by atoms with E-state index >= 15 is 0 Å². The first kappa shape index (κ1) is 14.7. The van der Waals surface area contributed by atoms with Crippen LogP contribution in [0.1, 0.15) is 23.3 Å². The van der Waals surface area contributed by atoms with Crippen LogP contribution in [0, 0.1) is 0 Å². The maximum absolute atomic E-state index is 12.7. The van der Waals surface area contributed by atoms with Gasteiger partial charge in [0.2, 0.25) is 0 Å². The maximum Gasteiger partial charge on any atom is 0.406 e. The molecular formula is C12H14F3N3O2. The third-order valence-corrected chi connectivity index (χ3v) is 3.02. The van der Waals surface area contributed by atoms with E-state index in [1.807, 2.05) is 0 Å². The molecule has 0 unspecified atom stereocenters. The monoisotopic (exact) mass is 289 g/mol. The van der Waals surface area contributed by atoms with Gasteiger partial charge < -0.3 is 9.64 Å². The third kappa shape index (κ3) is 3.89. The van der Waals surface area contributed by atoms with E-state index in [4.69, 9.17) is 4.74 Å². The molecule has 1 aliphatic rings. The predicted molar refractivity (Wildman–Crippen MR) is 63.0 cm³/mol. The Morgan fingerprint density at radius 1 is 1.35 bits per heavy atom. The number of amides is 1. The number of nitrogens with zero attached hydrogens (tertiary/aromatic N) is 3. The summed E-state index contributed by atoms with van der Waals surface area (Å²) in [6, 6.07) is -0.486. The van der Waals surface area contributed by atoms with Crippen LogP contribution in [0.3, 0.4) is 0 Å². The number of carbonyl (C=O) groups is 1. The van der Waals surface area contributed by atoms with Crippen molar-refractivity contribution in [3.63, 3.8) is 0 Å². The molecule has 1 fully saturated rings. The smallest absolute Gasteiger partial charge is 0.381 e. The van der Waals surface area contributed by atoms with Gasteiger partial charge in [0.25, 0.3) is 5.91 Å². The van der Waals surface area contributed by atoms with Gasteiger partial charge in [0, 0.05) is 31.6 Å². The molecule has 1 aromatic rings. The Bertz CT molecular complexity index is 447. The number of aromatic nitrogens is 2. The summed E-state index contributed by atoms with van der Waals surface area (Å²) >= 11 is 0. The van der Waals surface area contributed by atoms with Crippen LogP contribution in [0.4, 0.5) is 13.2 Å². The summed E-state index contributed by atoms with van der Waals surface area (Å²) in [6.45, 7) is -0.577. The lowest BCUT2D eigenvalue weighted by Crippen LogP contribution is -2.48. The van der Waals surface area contributed by atoms with Crippen molar-refractivity contribution in [3.05, 3.63) is 24.3 Å². The number of hydrogen-bond acceptors (Lipinski definition) is 4. The van der Waals surface area contributed by atoms with E-state index in [9.17, 15) is 18.0 Å². The fourth-order valence-corrected chi connectivity index (χ4v) is 2.11. The van der Waals surface area contributed by atoms with Gasteiger partial charge in [-0.15, -0.1) is 0 Å². The standard InChI is InChI=1S/C12H14F3N3O2/c13-12(14,15)8-18(9-1-5-20-6-2-9)11(19)10-7-16-3-4-17-10/h3-4,7,9H,1-2,5-6,8H2. The summed E-state index contributed by atoms with van der Waals surface area (Å²) in [7, 11) is 0. The highest BCUT2D eigenvalue weighted by Gasteiger charge is 2.37. The van der Waals surface area contributed by atoms with E-state index in [0.717, 1.165) is 4.90 Å². The van der Waals surface area contributed by atoms with Gasteiger partial charge in [-0.25, -0.2) is 4.98 Å². The molecule has 0 N–H and O–H groups in total. The molecule has 1 aliphatic heterocycles. The second-order valence-electron chi connectivity index (χ2n) is 4.48. The Morgan fingerprint density at radius 3 is 2.60 bits per heavy atom. The molecule has 5 nitrogen and oxygen atoms in total. The number of hydrogen-bond donors (Lipinski definition) is 0. The molecule has 2 rings (SSSR count). The molecule has 1 amide bonds. The second kappa shape index (κ2) is 6.17. The van der Waals surface area contributed by atoms with Crippen LogP contribution >= 0.6 is 0 Å². The van der Waals surface area contributed by atoms with Crippen LogP contribution in [0.15, 0.2) is 18.6 Å². The summed E-state index contributed by atoms with van der Waals surface area (Å²) in [5, 5.41) is 0. The van der Waals surface area contributed by atoms with Crippen LogP contribution in [-0.2, 0) is 4.74 Å². The van der Waals surface area contributed by atoms with Gasteiger partial charge in [-0.3, -0.25) is 9.78 Å². The topological polar surface area (TPSA) is 55.3 Å². The van der Waals surface area contributed by atoms with Crippen LogP contribution in [0.5, 0.6) is 0 Å². The highest BCUT2D eigenvalue weighted by Crippen LogP contribution is 2.23. The first-order valence-electron chi connectivity index (χ1n) is 6.19. The van der Waals surface area contributed by atoms with E-state index < -0.39 is 24.7 Å². The summed E-state index contributed by atoms with van der Waals surface area (Å²) in [4.78, 5) is 20.5. The Kier molecular flexibility index (Phi) is 4.53. The van der Waals surface area contributed by atoms with Gasteiger partial charge in [-0.05, 0) is 12.8 Å². The molecule has 110 valence electrons. The molecule has 0 saturated carbocycles. The minimum atomic E-state index is -4.45. The highest BCUT2D eigenvalue weighted by molar-refractivity contribution is 5.92. The second-order valence-corrected chi connectivity index (χ2v) is 4.48. The molecule has 8 heteroatoms. The highest BCUT2D eigenvalue weighted by atomic mass is 19.4. The van der Waals surface area contributed by atoms with Crippen LogP contribution < -0.4 is 0 Å². The third-order valence-electron chi connectivity index (χ3n) is 3.02. The summed E-state index contributed by atoms with van der Waals surface area (Å²) in [5.41, 5.74) is -0.0803. The Hall–Kier alpha value is -1.70. The SMILES string of the molecule is O=C(c1cnccn1)N(CC(F)(F)F)C1CCOCC1.